The van der Waals surface area contributed by atoms with Crippen LogP contribution in [0.2, 0.25) is 0 Å². The normalized spacial score (nSPS) is 11.2. The van der Waals surface area contributed by atoms with Crippen LogP contribution in [0.3, 0.4) is 0 Å². The number of nitrogens with zero attached hydrogens (tertiary/aromatic N) is 2. The molecule has 0 radical (unpaired) electrons. The van der Waals surface area contributed by atoms with Gasteiger partial charge in [0.15, 0.2) is 0 Å². The Kier molecular flexibility index (Phi) is 2.84. The monoisotopic (exact) mass is 242 g/mol. The third-order valence-corrected chi connectivity index (χ3v) is 2.28. The highest BCUT2D eigenvalue weighted by Gasteiger charge is 2.19. The zero-order valence-electron chi connectivity index (χ0n) is 10.6. The number of fused-ring (bicyclic) bond motifs is 1. The molecule has 0 unspecified atom stereocenters. The standard InChI is InChI=1S/C14H14N2O2/c1-5-10-8-11-6-7-16(12(11)15-9-10)13(17)18-14(2,3)4/h1,6-9H,2-4H3. The van der Waals surface area contributed by atoms with Gasteiger partial charge in [-0.25, -0.2) is 14.3 Å². The summed E-state index contributed by atoms with van der Waals surface area (Å²) < 4.78 is 6.67. The molecule has 0 aromatic carbocycles. The lowest BCUT2D eigenvalue weighted by Gasteiger charge is -2.19. The Morgan fingerprint density at radius 3 is 2.83 bits per heavy atom. The van der Waals surface area contributed by atoms with E-state index in [4.69, 9.17) is 11.2 Å². The first kappa shape index (κ1) is 12.2. The highest BCUT2D eigenvalue weighted by Crippen LogP contribution is 2.17. The molecule has 0 saturated carbocycles. The third-order valence-electron chi connectivity index (χ3n) is 2.28. The van der Waals surface area contributed by atoms with Gasteiger partial charge in [-0.05, 0) is 32.9 Å². The summed E-state index contributed by atoms with van der Waals surface area (Å²) in [7, 11) is 0. The maximum atomic E-state index is 12.0. The summed E-state index contributed by atoms with van der Waals surface area (Å²) in [6, 6.07) is 3.59. The van der Waals surface area contributed by atoms with Crippen molar-refractivity contribution in [3.8, 4) is 12.3 Å². The number of hydrogen-bond donors (Lipinski definition) is 0. The van der Waals surface area contributed by atoms with Crippen molar-refractivity contribution in [2.24, 2.45) is 0 Å². The fourth-order valence-corrected chi connectivity index (χ4v) is 1.56. The summed E-state index contributed by atoms with van der Waals surface area (Å²) >= 11 is 0. The largest absolute Gasteiger partial charge is 0.443 e. The first-order valence-electron chi connectivity index (χ1n) is 5.58. The van der Waals surface area contributed by atoms with Crippen LogP contribution in [-0.4, -0.2) is 21.2 Å². The van der Waals surface area contributed by atoms with Gasteiger partial charge in [-0.2, -0.15) is 0 Å². The zero-order valence-corrected chi connectivity index (χ0v) is 10.6. The van der Waals surface area contributed by atoms with Crippen LogP contribution in [0.4, 0.5) is 4.79 Å². The van der Waals surface area contributed by atoms with Crippen molar-refractivity contribution in [2.75, 3.05) is 0 Å². The van der Waals surface area contributed by atoms with E-state index in [-0.39, 0.29) is 0 Å². The Labute approximate surface area is 106 Å². The van der Waals surface area contributed by atoms with Gasteiger partial charge in [0.1, 0.15) is 11.2 Å². The smallest absolute Gasteiger partial charge is 0.420 e. The highest BCUT2D eigenvalue weighted by molar-refractivity contribution is 5.87. The number of aromatic nitrogens is 2. The Morgan fingerprint density at radius 2 is 2.22 bits per heavy atom. The molecule has 0 amide bonds. The average Bonchev–Trinajstić information content (AvgIpc) is 2.69. The molecule has 0 saturated heterocycles. The van der Waals surface area contributed by atoms with Gasteiger partial charge in [-0.15, -0.1) is 6.42 Å². The number of ether oxygens (including phenoxy) is 1. The Bertz CT molecular complexity index is 642. The molecule has 2 heterocycles. The SMILES string of the molecule is C#Cc1cnc2c(ccn2C(=O)OC(C)(C)C)c1. The molecular formula is C14H14N2O2. The van der Waals surface area contributed by atoms with Gasteiger partial charge in [-0.3, -0.25) is 0 Å². The second kappa shape index (κ2) is 4.19. The number of carbonyl (C=O) groups excluding carboxylic acids is 1. The molecule has 18 heavy (non-hydrogen) atoms. The van der Waals surface area contributed by atoms with Crippen LogP contribution in [0.15, 0.2) is 24.5 Å². The van der Waals surface area contributed by atoms with Crippen molar-refractivity contribution >= 4 is 17.1 Å². The van der Waals surface area contributed by atoms with Crippen molar-refractivity contribution < 1.29 is 9.53 Å². The molecule has 0 bridgehead atoms. The molecule has 2 aromatic heterocycles. The van der Waals surface area contributed by atoms with Crippen LogP contribution in [0.1, 0.15) is 26.3 Å². The molecular weight excluding hydrogens is 228 g/mol. The number of carbonyl (C=O) groups is 1. The minimum atomic E-state index is -0.535. The first-order valence-corrected chi connectivity index (χ1v) is 5.58. The minimum absolute atomic E-state index is 0.446. The van der Waals surface area contributed by atoms with Gasteiger partial charge in [0, 0.05) is 23.3 Å². The van der Waals surface area contributed by atoms with Gasteiger partial charge in [-0.1, -0.05) is 5.92 Å². The summed E-state index contributed by atoms with van der Waals surface area (Å²) in [4.78, 5) is 16.1. The number of rotatable bonds is 0. The predicted octanol–water partition coefficient (Wildman–Crippen LogP) is 2.80. The molecule has 92 valence electrons. The molecule has 0 N–H and O–H groups in total. The van der Waals surface area contributed by atoms with E-state index >= 15 is 0 Å². The quantitative estimate of drug-likeness (QED) is 0.667. The zero-order chi connectivity index (χ0) is 13.3. The lowest BCUT2D eigenvalue weighted by molar-refractivity contribution is 0.0543. The molecule has 0 aliphatic carbocycles. The van der Waals surface area contributed by atoms with E-state index in [2.05, 4.69) is 10.9 Å². The molecule has 2 aromatic rings. The van der Waals surface area contributed by atoms with E-state index in [9.17, 15) is 4.79 Å². The van der Waals surface area contributed by atoms with E-state index in [1.807, 2.05) is 26.8 Å². The topological polar surface area (TPSA) is 44.1 Å². The Hall–Kier alpha value is -2.28. The number of terminal acetylenes is 1. The summed E-state index contributed by atoms with van der Waals surface area (Å²) in [5.41, 5.74) is 0.694. The van der Waals surface area contributed by atoms with Crippen molar-refractivity contribution in [1.29, 1.82) is 0 Å². The maximum Gasteiger partial charge on any atom is 0.420 e. The van der Waals surface area contributed by atoms with Crippen LogP contribution in [0.25, 0.3) is 11.0 Å². The molecule has 0 aliphatic heterocycles. The van der Waals surface area contributed by atoms with Crippen molar-refractivity contribution in [1.82, 2.24) is 9.55 Å². The predicted molar refractivity (Wildman–Crippen MR) is 69.3 cm³/mol. The van der Waals surface area contributed by atoms with Crippen LogP contribution in [0, 0.1) is 12.3 Å². The summed E-state index contributed by atoms with van der Waals surface area (Å²) in [6.07, 6.45) is 8.05. The van der Waals surface area contributed by atoms with Crippen molar-refractivity contribution in [3.63, 3.8) is 0 Å². The van der Waals surface area contributed by atoms with Gasteiger partial charge in [0.05, 0.1) is 0 Å². The number of hydrogen-bond acceptors (Lipinski definition) is 3. The van der Waals surface area contributed by atoms with Crippen molar-refractivity contribution in [2.45, 2.75) is 26.4 Å². The Morgan fingerprint density at radius 1 is 1.50 bits per heavy atom. The van der Waals surface area contributed by atoms with Gasteiger partial charge >= 0.3 is 6.09 Å². The maximum absolute atomic E-state index is 12.0. The van der Waals surface area contributed by atoms with Crippen LogP contribution < -0.4 is 0 Å². The molecule has 4 heteroatoms. The molecule has 0 aliphatic rings. The van der Waals surface area contributed by atoms with E-state index in [0.29, 0.717) is 11.2 Å². The van der Waals surface area contributed by atoms with Gasteiger partial charge in [0.25, 0.3) is 0 Å². The van der Waals surface area contributed by atoms with Crippen LogP contribution >= 0.6 is 0 Å². The van der Waals surface area contributed by atoms with E-state index in [1.165, 1.54) is 4.57 Å². The summed E-state index contributed by atoms with van der Waals surface area (Å²) in [5.74, 6) is 2.51. The minimum Gasteiger partial charge on any atom is -0.443 e. The van der Waals surface area contributed by atoms with E-state index in [0.717, 1.165) is 5.39 Å². The summed E-state index contributed by atoms with van der Waals surface area (Å²) in [6.45, 7) is 5.46. The second-order valence-electron chi connectivity index (χ2n) is 4.95. The first-order chi connectivity index (χ1) is 8.40. The van der Waals surface area contributed by atoms with E-state index in [1.54, 1.807) is 18.5 Å². The van der Waals surface area contributed by atoms with Crippen LogP contribution in [-0.2, 0) is 4.74 Å². The third kappa shape index (κ3) is 2.35. The van der Waals surface area contributed by atoms with E-state index < -0.39 is 11.7 Å². The lowest BCUT2D eigenvalue weighted by Crippen LogP contribution is -2.26. The second-order valence-corrected chi connectivity index (χ2v) is 4.95. The highest BCUT2D eigenvalue weighted by atomic mass is 16.6. The molecule has 2 rings (SSSR count). The lowest BCUT2D eigenvalue weighted by atomic mass is 10.2. The summed E-state index contributed by atoms with van der Waals surface area (Å²) in [5, 5.41) is 0.816. The Balaban J connectivity index is 2.42. The molecule has 0 spiro atoms. The van der Waals surface area contributed by atoms with Crippen LogP contribution in [0.5, 0.6) is 0 Å². The molecule has 0 fully saturated rings. The molecule has 0 atom stereocenters. The van der Waals surface area contributed by atoms with Gasteiger partial charge < -0.3 is 4.74 Å². The van der Waals surface area contributed by atoms with Gasteiger partial charge in [0.2, 0.25) is 0 Å². The fourth-order valence-electron chi connectivity index (χ4n) is 1.56. The fraction of sp³-hybridized carbons (Fsp3) is 0.286. The average molecular weight is 242 g/mol. The molecule has 4 nitrogen and oxygen atoms in total. The van der Waals surface area contributed by atoms with Crippen molar-refractivity contribution in [3.05, 3.63) is 30.1 Å². The number of pyridine rings is 1.